The maximum atomic E-state index is 10.0. The predicted octanol–water partition coefficient (Wildman–Crippen LogP) is 20.5. The molecular weight excluding hydrogens is 1100 g/mol. The topological polar surface area (TPSA) is 126 Å². The van der Waals surface area contributed by atoms with Gasteiger partial charge in [-0.3, -0.25) is 0 Å². The Morgan fingerprint density at radius 1 is 0.244 bits per heavy atom. The molecule has 0 radical (unpaired) electrons. The average molecular weight is 1150 g/mol. The van der Waals surface area contributed by atoms with E-state index in [2.05, 4.69) is 261 Å². The molecule has 0 unspecified atom stereocenters. The van der Waals surface area contributed by atoms with Crippen molar-refractivity contribution in [2.24, 2.45) is 0 Å². The van der Waals surface area contributed by atoms with Gasteiger partial charge in [0.15, 0.2) is 0 Å². The molecule has 1 N–H and O–H groups in total. The van der Waals surface area contributed by atoms with Crippen molar-refractivity contribution in [2.75, 3.05) is 0 Å². The van der Waals surface area contributed by atoms with Gasteiger partial charge in [-0.05, 0) is 178 Å². The zero-order valence-electron chi connectivity index (χ0n) is 48.3. The van der Waals surface area contributed by atoms with Crippen molar-refractivity contribution in [1.29, 1.82) is 21.0 Å². The van der Waals surface area contributed by atoms with Crippen molar-refractivity contribution in [3.8, 4) is 85.8 Å². The minimum Gasteiger partial charge on any atom is -0.354 e. The Morgan fingerprint density at radius 3 is 1.07 bits per heavy atom. The Morgan fingerprint density at radius 2 is 0.600 bits per heavy atom. The molecular formula is C82H48N8. The van der Waals surface area contributed by atoms with Crippen LogP contribution < -0.4 is 0 Å². The number of hydrogen-bond donors (Lipinski definition) is 1. The van der Waals surface area contributed by atoms with E-state index in [-0.39, 0.29) is 0 Å². The quantitative estimate of drug-likeness (QED) is 0.171. The van der Waals surface area contributed by atoms with Gasteiger partial charge >= 0.3 is 0 Å². The Balaban J connectivity index is 0.000000145. The lowest BCUT2D eigenvalue weighted by Crippen LogP contribution is -1.95. The van der Waals surface area contributed by atoms with E-state index in [0.29, 0.717) is 22.3 Å². The molecule has 8 heteroatoms. The molecule has 416 valence electrons. The summed E-state index contributed by atoms with van der Waals surface area (Å²) in [6.45, 7) is 0. The smallest absolute Gasteiger partial charge is 0.0992 e. The summed E-state index contributed by atoms with van der Waals surface area (Å²) < 4.78 is 6.93. The van der Waals surface area contributed by atoms with Gasteiger partial charge in [0.05, 0.1) is 79.6 Å². The van der Waals surface area contributed by atoms with Crippen molar-refractivity contribution in [1.82, 2.24) is 18.7 Å². The summed E-state index contributed by atoms with van der Waals surface area (Å²) in [5.74, 6) is 0. The Hall–Kier alpha value is -13.0. The highest BCUT2D eigenvalue weighted by molar-refractivity contribution is 6.21. The summed E-state index contributed by atoms with van der Waals surface area (Å²) in [4.78, 5) is 3.57. The van der Waals surface area contributed by atoms with Crippen LogP contribution in [0.15, 0.2) is 285 Å². The molecule has 0 bridgehead atoms. The van der Waals surface area contributed by atoms with Gasteiger partial charge in [0.25, 0.3) is 0 Å². The van der Waals surface area contributed by atoms with E-state index in [1.807, 2.05) is 54.6 Å². The largest absolute Gasteiger partial charge is 0.354 e. The number of fused-ring (bicyclic) bond motifs is 12. The zero-order chi connectivity index (χ0) is 60.4. The van der Waals surface area contributed by atoms with Crippen molar-refractivity contribution in [3.63, 3.8) is 0 Å². The number of para-hydroxylation sites is 7. The number of hydrogen-bond acceptors (Lipinski definition) is 4. The van der Waals surface area contributed by atoms with Crippen LogP contribution in [0.2, 0.25) is 0 Å². The molecule has 17 rings (SSSR count). The number of aromatic nitrogens is 4. The summed E-state index contributed by atoms with van der Waals surface area (Å²) >= 11 is 0. The molecule has 13 aromatic carbocycles. The number of benzene rings is 13. The first-order valence-electron chi connectivity index (χ1n) is 29.7. The van der Waals surface area contributed by atoms with Crippen molar-refractivity contribution in [3.05, 3.63) is 307 Å². The third kappa shape index (κ3) is 8.57. The summed E-state index contributed by atoms with van der Waals surface area (Å²) in [7, 11) is 0. The van der Waals surface area contributed by atoms with Gasteiger partial charge in [-0.2, -0.15) is 21.0 Å². The molecule has 0 fully saturated rings. The van der Waals surface area contributed by atoms with Gasteiger partial charge in [0.2, 0.25) is 0 Å². The van der Waals surface area contributed by atoms with Gasteiger partial charge < -0.3 is 18.7 Å². The molecule has 90 heavy (non-hydrogen) atoms. The van der Waals surface area contributed by atoms with E-state index < -0.39 is 0 Å². The third-order valence-corrected chi connectivity index (χ3v) is 17.5. The van der Waals surface area contributed by atoms with E-state index in [4.69, 9.17) is 0 Å². The maximum Gasteiger partial charge on any atom is 0.0992 e. The molecule has 8 nitrogen and oxygen atoms in total. The minimum atomic E-state index is 0.459. The molecule has 0 saturated carbocycles. The van der Waals surface area contributed by atoms with Crippen LogP contribution >= 0.6 is 0 Å². The van der Waals surface area contributed by atoms with E-state index in [1.54, 1.807) is 12.1 Å². The fourth-order valence-electron chi connectivity index (χ4n) is 13.7. The van der Waals surface area contributed by atoms with Crippen LogP contribution in [0.25, 0.3) is 149 Å². The lowest BCUT2D eigenvalue weighted by Gasteiger charge is -2.15. The molecule has 17 aromatic rings. The average Bonchev–Trinajstić information content (AvgIpc) is 1.70. The summed E-state index contributed by atoms with van der Waals surface area (Å²) in [6.07, 6.45) is 0. The summed E-state index contributed by atoms with van der Waals surface area (Å²) in [6, 6.07) is 107. The zero-order valence-corrected chi connectivity index (χ0v) is 48.3. The molecule has 0 saturated heterocycles. The van der Waals surface area contributed by atoms with Crippen LogP contribution in [0.1, 0.15) is 22.3 Å². The lowest BCUT2D eigenvalue weighted by molar-refractivity contribution is 1.18. The standard InChI is InChI=1S/C44H26N4.C38H22N4/c45-27-29-23-30(28-46)25-32(24-29)43-35(20-22-42-44(43)37-16-8-10-18-40(37)48(42)34-13-5-2-6-14-34)31-19-21-41-38(26-31)36-15-7-9-17-39(36)47(41)33-11-3-1-4-12-33;39-22-24-18-25(23-40)20-27(19-24)37-29(15-16-34-38(37)31-11-4-6-12-33(31)41-34)26-14-17-36-32(21-26)30-10-5-7-13-35(30)42(36)28-8-2-1-3-9-28/h1-26H;1-21,41H. The number of nitrogens with zero attached hydrogens (tertiary/aromatic N) is 7. The van der Waals surface area contributed by atoms with Crippen LogP contribution in [-0.4, -0.2) is 18.7 Å². The molecule has 0 atom stereocenters. The van der Waals surface area contributed by atoms with Crippen LogP contribution in [0, 0.1) is 45.3 Å². The Bertz CT molecular complexity index is 5890. The van der Waals surface area contributed by atoms with Gasteiger partial charge in [0, 0.05) is 71.2 Å². The van der Waals surface area contributed by atoms with Gasteiger partial charge in [-0.1, -0.05) is 152 Å². The van der Waals surface area contributed by atoms with Crippen molar-refractivity contribution in [2.45, 2.75) is 0 Å². The monoisotopic (exact) mass is 1140 g/mol. The highest BCUT2D eigenvalue weighted by Crippen LogP contribution is 2.47. The van der Waals surface area contributed by atoms with E-state index in [0.717, 1.165) is 133 Å². The SMILES string of the molecule is N#Cc1cc(C#N)cc(-c2c(-c3ccc4c(c3)c3ccccc3n4-c3ccccc3)ccc3[nH]c4ccccc4c23)c1.N#Cc1cc(C#N)cc(-c2c(-c3ccc4c(c3)c3ccccc3n4-c3ccccc3)ccc3c2c2ccccc2n3-c2ccccc2)c1. The molecule has 0 spiro atoms. The lowest BCUT2D eigenvalue weighted by atomic mass is 9.88. The normalized spacial score (nSPS) is 11.3. The second-order valence-electron chi connectivity index (χ2n) is 22.5. The van der Waals surface area contributed by atoms with Crippen molar-refractivity contribution < 1.29 is 0 Å². The Labute approximate surface area is 517 Å². The molecule has 4 heterocycles. The predicted molar refractivity (Wildman–Crippen MR) is 366 cm³/mol. The fraction of sp³-hybridized carbons (Fsp3) is 0. The minimum absolute atomic E-state index is 0.459. The number of nitrogens with one attached hydrogen (secondary N) is 1. The van der Waals surface area contributed by atoms with Crippen LogP contribution in [0.5, 0.6) is 0 Å². The number of rotatable bonds is 7. The summed E-state index contributed by atoms with van der Waals surface area (Å²) in [5, 5.41) is 48.7. The molecule has 0 aliphatic carbocycles. The fourth-order valence-corrected chi connectivity index (χ4v) is 13.7. The molecule has 0 aliphatic rings. The first-order chi connectivity index (χ1) is 44.5. The van der Waals surface area contributed by atoms with Gasteiger partial charge in [-0.25, -0.2) is 0 Å². The summed E-state index contributed by atoms with van der Waals surface area (Å²) in [5.41, 5.74) is 21.9. The van der Waals surface area contributed by atoms with E-state index in [9.17, 15) is 21.0 Å². The molecule has 4 aromatic heterocycles. The molecule has 0 amide bonds. The first-order valence-corrected chi connectivity index (χ1v) is 29.7. The van der Waals surface area contributed by atoms with Crippen LogP contribution in [0.4, 0.5) is 0 Å². The van der Waals surface area contributed by atoms with E-state index >= 15 is 0 Å². The van der Waals surface area contributed by atoms with Crippen LogP contribution in [-0.2, 0) is 0 Å². The highest BCUT2D eigenvalue weighted by atomic mass is 15.0. The number of nitriles is 4. The second-order valence-corrected chi connectivity index (χ2v) is 22.5. The van der Waals surface area contributed by atoms with Crippen molar-refractivity contribution >= 4 is 87.2 Å². The van der Waals surface area contributed by atoms with Gasteiger partial charge in [-0.15, -0.1) is 0 Å². The maximum absolute atomic E-state index is 10.0. The van der Waals surface area contributed by atoms with Crippen LogP contribution in [0.3, 0.4) is 0 Å². The first kappa shape index (κ1) is 52.6. The molecule has 0 aliphatic heterocycles. The third-order valence-electron chi connectivity index (χ3n) is 17.5. The van der Waals surface area contributed by atoms with E-state index in [1.165, 1.54) is 16.2 Å². The number of H-pyrrole nitrogens is 1. The number of aromatic amines is 1. The van der Waals surface area contributed by atoms with Gasteiger partial charge in [0.1, 0.15) is 0 Å². The Kier molecular flexibility index (Phi) is 12.6. The second kappa shape index (κ2) is 21.5. The highest BCUT2D eigenvalue weighted by Gasteiger charge is 2.24.